The van der Waals surface area contributed by atoms with Gasteiger partial charge < -0.3 is 14.5 Å². The van der Waals surface area contributed by atoms with Crippen LogP contribution in [0.25, 0.3) is 0 Å². The van der Waals surface area contributed by atoms with Crippen LogP contribution in [0.2, 0.25) is 5.02 Å². The van der Waals surface area contributed by atoms with E-state index in [1.54, 1.807) is 24.1 Å². The van der Waals surface area contributed by atoms with Gasteiger partial charge in [-0.25, -0.2) is 0 Å². The Kier molecular flexibility index (Phi) is 7.53. The molecule has 0 aromatic heterocycles. The third-order valence-corrected chi connectivity index (χ3v) is 5.42. The highest BCUT2D eigenvalue weighted by Gasteiger charge is 2.30. The molecule has 2 aromatic carbocycles. The number of halogens is 1. The maximum absolute atomic E-state index is 12.8. The summed E-state index contributed by atoms with van der Waals surface area (Å²) in [4.78, 5) is 29.0. The Morgan fingerprint density at radius 2 is 1.97 bits per heavy atom. The zero-order valence-electron chi connectivity index (χ0n) is 16.7. The van der Waals surface area contributed by atoms with Crippen molar-refractivity contribution in [2.75, 3.05) is 33.3 Å². The number of likely N-dealkylation sites (N-methyl/N-ethyl adjacent to an activating group) is 1. The number of amides is 2. The van der Waals surface area contributed by atoms with Crippen LogP contribution in [0.15, 0.2) is 54.6 Å². The van der Waals surface area contributed by atoms with Gasteiger partial charge in [-0.2, -0.15) is 0 Å². The highest BCUT2D eigenvalue weighted by atomic mass is 35.5. The van der Waals surface area contributed by atoms with Gasteiger partial charge in [0.25, 0.3) is 0 Å². The van der Waals surface area contributed by atoms with E-state index in [-0.39, 0.29) is 17.7 Å². The minimum absolute atomic E-state index is 0.0666. The van der Waals surface area contributed by atoms with Gasteiger partial charge in [0.15, 0.2) is 0 Å². The van der Waals surface area contributed by atoms with E-state index in [0.29, 0.717) is 36.9 Å². The first-order valence-electron chi connectivity index (χ1n) is 9.98. The highest BCUT2D eigenvalue weighted by Crippen LogP contribution is 2.20. The second-order valence-corrected chi connectivity index (χ2v) is 7.84. The summed E-state index contributed by atoms with van der Waals surface area (Å²) in [7, 11) is 1.79. The zero-order chi connectivity index (χ0) is 20.6. The molecule has 3 rings (SSSR count). The predicted octanol–water partition coefficient (Wildman–Crippen LogP) is 3.66. The van der Waals surface area contributed by atoms with Crippen molar-refractivity contribution in [3.05, 3.63) is 65.2 Å². The van der Waals surface area contributed by atoms with E-state index in [1.165, 1.54) is 0 Å². The lowest BCUT2D eigenvalue weighted by Crippen LogP contribution is -2.46. The fourth-order valence-corrected chi connectivity index (χ4v) is 3.75. The number of benzene rings is 2. The third kappa shape index (κ3) is 6.23. The van der Waals surface area contributed by atoms with Crippen molar-refractivity contribution in [3.8, 4) is 5.75 Å². The molecule has 1 heterocycles. The first-order chi connectivity index (χ1) is 14.0. The first kappa shape index (κ1) is 21.2. The van der Waals surface area contributed by atoms with Gasteiger partial charge in [0.2, 0.25) is 11.8 Å². The Hall–Kier alpha value is -2.53. The van der Waals surface area contributed by atoms with Gasteiger partial charge in [0.05, 0.1) is 18.9 Å². The van der Waals surface area contributed by atoms with E-state index >= 15 is 0 Å². The molecule has 2 aromatic rings. The molecule has 29 heavy (non-hydrogen) atoms. The normalized spacial score (nSPS) is 16.3. The molecule has 1 aliphatic rings. The van der Waals surface area contributed by atoms with Crippen molar-refractivity contribution in [3.63, 3.8) is 0 Å². The Morgan fingerprint density at radius 1 is 1.17 bits per heavy atom. The van der Waals surface area contributed by atoms with Crippen LogP contribution < -0.4 is 4.74 Å². The average molecular weight is 415 g/mol. The van der Waals surface area contributed by atoms with E-state index in [9.17, 15) is 9.59 Å². The molecular weight excluding hydrogens is 388 g/mol. The molecule has 1 atom stereocenters. The monoisotopic (exact) mass is 414 g/mol. The van der Waals surface area contributed by atoms with E-state index in [2.05, 4.69) is 0 Å². The molecule has 0 spiro atoms. The Labute approximate surface area is 177 Å². The molecule has 5 nitrogen and oxygen atoms in total. The average Bonchev–Trinajstić information content (AvgIpc) is 2.74. The highest BCUT2D eigenvalue weighted by molar-refractivity contribution is 6.30. The van der Waals surface area contributed by atoms with Crippen molar-refractivity contribution in [2.24, 2.45) is 5.92 Å². The van der Waals surface area contributed by atoms with Crippen molar-refractivity contribution in [1.82, 2.24) is 9.80 Å². The zero-order valence-corrected chi connectivity index (χ0v) is 17.5. The smallest absolute Gasteiger partial charge is 0.227 e. The number of hydrogen-bond donors (Lipinski definition) is 0. The lowest BCUT2D eigenvalue weighted by Gasteiger charge is -2.34. The summed E-state index contributed by atoms with van der Waals surface area (Å²) >= 11 is 5.95. The maximum atomic E-state index is 12.8. The number of piperidine rings is 1. The van der Waals surface area contributed by atoms with Crippen LogP contribution in [0, 0.1) is 5.92 Å². The van der Waals surface area contributed by atoms with Crippen molar-refractivity contribution in [2.45, 2.75) is 19.3 Å². The van der Waals surface area contributed by atoms with Crippen LogP contribution in [-0.4, -0.2) is 54.9 Å². The van der Waals surface area contributed by atoms with Gasteiger partial charge in [0, 0.05) is 25.2 Å². The summed E-state index contributed by atoms with van der Waals surface area (Å²) in [6.07, 6.45) is 2.04. The van der Waals surface area contributed by atoms with Crippen LogP contribution in [0.4, 0.5) is 0 Å². The quantitative estimate of drug-likeness (QED) is 0.694. The fraction of sp³-hybridized carbons (Fsp3) is 0.391. The fourth-order valence-electron chi connectivity index (χ4n) is 3.57. The van der Waals surface area contributed by atoms with E-state index in [4.69, 9.17) is 16.3 Å². The van der Waals surface area contributed by atoms with E-state index in [0.717, 1.165) is 24.9 Å². The summed E-state index contributed by atoms with van der Waals surface area (Å²) in [5.41, 5.74) is 1.00. The number of hydrogen-bond acceptors (Lipinski definition) is 3. The standard InChI is InChI=1S/C23H27ClN2O3/c1-25(13-14-29-21-11-5-10-20(24)16-21)23(28)19-9-6-12-26(17-19)22(27)15-18-7-3-2-4-8-18/h2-5,7-8,10-11,16,19H,6,9,12-15,17H2,1H3. The molecule has 154 valence electrons. The Balaban J connectivity index is 1.47. The van der Waals surface area contributed by atoms with Gasteiger partial charge >= 0.3 is 0 Å². The summed E-state index contributed by atoms with van der Waals surface area (Å²) < 4.78 is 5.68. The van der Waals surface area contributed by atoms with Crippen molar-refractivity contribution >= 4 is 23.4 Å². The van der Waals surface area contributed by atoms with Crippen LogP contribution in [0.3, 0.4) is 0 Å². The topological polar surface area (TPSA) is 49.9 Å². The van der Waals surface area contributed by atoms with Crippen LogP contribution in [0.1, 0.15) is 18.4 Å². The second kappa shape index (κ2) is 10.3. The third-order valence-electron chi connectivity index (χ3n) is 5.19. The van der Waals surface area contributed by atoms with Gasteiger partial charge in [-0.05, 0) is 36.6 Å². The first-order valence-corrected chi connectivity index (χ1v) is 10.4. The summed E-state index contributed by atoms with van der Waals surface area (Å²) in [6, 6.07) is 16.9. The summed E-state index contributed by atoms with van der Waals surface area (Å²) in [5, 5.41) is 0.620. The number of nitrogens with zero attached hydrogens (tertiary/aromatic N) is 2. The van der Waals surface area contributed by atoms with Crippen LogP contribution >= 0.6 is 11.6 Å². The number of likely N-dealkylation sites (tertiary alicyclic amines) is 1. The molecule has 0 saturated carbocycles. The Morgan fingerprint density at radius 3 is 2.72 bits per heavy atom. The summed E-state index contributed by atoms with van der Waals surface area (Å²) in [6.45, 7) is 2.09. The molecule has 6 heteroatoms. The SMILES string of the molecule is CN(CCOc1cccc(Cl)c1)C(=O)C1CCCN(C(=O)Cc2ccccc2)C1. The number of rotatable bonds is 7. The van der Waals surface area contributed by atoms with Gasteiger partial charge in [-0.3, -0.25) is 9.59 Å². The molecule has 1 unspecified atom stereocenters. The van der Waals surface area contributed by atoms with Gasteiger partial charge in [-0.1, -0.05) is 48.0 Å². The minimum Gasteiger partial charge on any atom is -0.492 e. The minimum atomic E-state index is -0.153. The lowest BCUT2D eigenvalue weighted by atomic mass is 9.96. The van der Waals surface area contributed by atoms with Gasteiger partial charge in [-0.15, -0.1) is 0 Å². The molecule has 1 saturated heterocycles. The molecule has 0 aliphatic carbocycles. The number of carbonyl (C=O) groups is 2. The molecule has 1 aliphatic heterocycles. The second-order valence-electron chi connectivity index (χ2n) is 7.41. The molecule has 0 bridgehead atoms. The number of carbonyl (C=O) groups excluding carboxylic acids is 2. The van der Waals surface area contributed by atoms with E-state index in [1.807, 2.05) is 47.4 Å². The maximum Gasteiger partial charge on any atom is 0.227 e. The van der Waals surface area contributed by atoms with E-state index < -0.39 is 0 Å². The predicted molar refractivity (Wildman–Crippen MR) is 114 cm³/mol. The van der Waals surface area contributed by atoms with Crippen LogP contribution in [-0.2, 0) is 16.0 Å². The van der Waals surface area contributed by atoms with Gasteiger partial charge in [0.1, 0.15) is 12.4 Å². The number of ether oxygens (including phenoxy) is 1. The lowest BCUT2D eigenvalue weighted by molar-refractivity contribution is -0.140. The van der Waals surface area contributed by atoms with Crippen LogP contribution in [0.5, 0.6) is 5.75 Å². The molecule has 0 N–H and O–H groups in total. The molecule has 2 amide bonds. The summed E-state index contributed by atoms with van der Waals surface area (Å²) in [5.74, 6) is 0.686. The van der Waals surface area contributed by atoms with Crippen molar-refractivity contribution in [1.29, 1.82) is 0 Å². The van der Waals surface area contributed by atoms with Crippen molar-refractivity contribution < 1.29 is 14.3 Å². The largest absolute Gasteiger partial charge is 0.492 e. The molecular formula is C23H27ClN2O3. The molecule has 0 radical (unpaired) electrons. The Bertz CT molecular complexity index is 828. The molecule has 1 fully saturated rings.